The molecule has 1 aromatic heterocycles. The Hall–Kier alpha value is -3.75. The Kier molecular flexibility index (Phi) is 5.73. The smallest absolute Gasteiger partial charge is 0.250 e. The highest BCUT2D eigenvalue weighted by Crippen LogP contribution is 2.41. The first-order valence-electron chi connectivity index (χ1n) is 12.4. The van der Waals surface area contributed by atoms with Gasteiger partial charge in [0.05, 0.1) is 4.90 Å². The largest absolute Gasteiger partial charge is 0.326 e. The van der Waals surface area contributed by atoms with Crippen molar-refractivity contribution in [3.8, 4) is 11.1 Å². The Labute approximate surface area is 215 Å². The Morgan fingerprint density at radius 2 is 1.65 bits per heavy atom. The average molecular weight is 514 g/mol. The highest BCUT2D eigenvalue weighted by Gasteiger charge is 2.40. The van der Waals surface area contributed by atoms with Crippen molar-refractivity contribution in [2.75, 3.05) is 18.4 Å². The Bertz CT molecular complexity index is 1690. The summed E-state index contributed by atoms with van der Waals surface area (Å²) < 4.78 is 30.6. The molecule has 1 saturated heterocycles. The fourth-order valence-electron chi connectivity index (χ4n) is 5.83. The predicted octanol–water partition coefficient (Wildman–Crippen LogP) is 4.43. The summed E-state index contributed by atoms with van der Waals surface area (Å²) in [6, 6.07) is 24.2. The second-order valence-corrected chi connectivity index (χ2v) is 11.9. The predicted molar refractivity (Wildman–Crippen MR) is 144 cm³/mol. The molecule has 0 spiro atoms. The van der Waals surface area contributed by atoms with E-state index in [4.69, 9.17) is 0 Å². The molecule has 3 aromatic carbocycles. The molecule has 37 heavy (non-hydrogen) atoms. The summed E-state index contributed by atoms with van der Waals surface area (Å²) in [5.41, 5.74) is 3.43. The van der Waals surface area contributed by atoms with Gasteiger partial charge in [-0.2, -0.15) is 4.31 Å². The lowest BCUT2D eigenvalue weighted by molar-refractivity contribution is -0.114. The molecule has 2 atom stereocenters. The number of carbonyl (C=O) groups is 1. The van der Waals surface area contributed by atoms with Gasteiger partial charge in [-0.05, 0) is 65.1 Å². The monoisotopic (exact) mass is 513 g/mol. The Morgan fingerprint density at radius 3 is 2.41 bits per heavy atom. The summed E-state index contributed by atoms with van der Waals surface area (Å²) in [6.07, 6.45) is 0.845. The van der Waals surface area contributed by atoms with Gasteiger partial charge in [-0.3, -0.25) is 9.59 Å². The van der Waals surface area contributed by atoms with Crippen LogP contribution in [0.1, 0.15) is 25.0 Å². The third kappa shape index (κ3) is 4.26. The fourth-order valence-corrected chi connectivity index (χ4v) is 7.39. The molecule has 1 fully saturated rings. The first-order chi connectivity index (χ1) is 17.8. The second kappa shape index (κ2) is 8.97. The molecule has 3 heterocycles. The number of fused-ring (bicyclic) bond motifs is 5. The second-order valence-electron chi connectivity index (χ2n) is 9.97. The van der Waals surface area contributed by atoms with Gasteiger partial charge in [-0.1, -0.05) is 36.4 Å². The van der Waals surface area contributed by atoms with E-state index in [1.54, 1.807) is 22.5 Å². The van der Waals surface area contributed by atoms with Gasteiger partial charge in [0.1, 0.15) is 0 Å². The van der Waals surface area contributed by atoms with Crippen molar-refractivity contribution in [3.05, 3.63) is 94.9 Å². The lowest BCUT2D eigenvalue weighted by Gasteiger charge is -2.43. The minimum Gasteiger partial charge on any atom is -0.326 e. The van der Waals surface area contributed by atoms with E-state index < -0.39 is 10.0 Å². The van der Waals surface area contributed by atoms with Crippen LogP contribution in [0.15, 0.2) is 88.6 Å². The number of nitrogens with one attached hydrogen (secondary N) is 1. The molecular weight excluding hydrogens is 486 g/mol. The highest BCUT2D eigenvalue weighted by atomic mass is 32.2. The maximum absolute atomic E-state index is 13.6. The van der Waals surface area contributed by atoms with E-state index in [9.17, 15) is 18.0 Å². The zero-order valence-corrected chi connectivity index (χ0v) is 21.2. The van der Waals surface area contributed by atoms with Crippen molar-refractivity contribution in [2.45, 2.75) is 30.7 Å². The van der Waals surface area contributed by atoms with Crippen LogP contribution in [-0.2, 0) is 21.4 Å². The number of piperidine rings is 1. The molecule has 0 aliphatic carbocycles. The van der Waals surface area contributed by atoms with Gasteiger partial charge in [0, 0.05) is 55.5 Å². The summed E-state index contributed by atoms with van der Waals surface area (Å²) in [5, 5.41) is 4.93. The van der Waals surface area contributed by atoms with E-state index in [2.05, 4.69) is 35.6 Å². The number of aromatic nitrogens is 1. The van der Waals surface area contributed by atoms with Crippen LogP contribution in [0.4, 0.5) is 5.69 Å². The van der Waals surface area contributed by atoms with Gasteiger partial charge in [0.15, 0.2) is 0 Å². The van der Waals surface area contributed by atoms with Crippen molar-refractivity contribution >= 4 is 32.4 Å². The number of benzene rings is 3. The fraction of sp³-hybridized carbons (Fsp3) is 0.241. The summed E-state index contributed by atoms with van der Waals surface area (Å²) in [4.78, 5) is 24.4. The van der Waals surface area contributed by atoms with Crippen LogP contribution in [0.5, 0.6) is 0 Å². The van der Waals surface area contributed by atoms with Gasteiger partial charge in [-0.25, -0.2) is 8.42 Å². The lowest BCUT2D eigenvalue weighted by atomic mass is 9.81. The lowest BCUT2D eigenvalue weighted by Crippen LogP contribution is -2.49. The standard InChI is InChI=1S/C29H27N3O4S/c1-19(33)30-25-8-10-26(11-9-25)37(35,36)31-16-20-14-24(18-31)29-27(12-13-28(34)32(29)17-20)23-7-6-21-4-2-3-5-22(21)15-23/h2-13,15,20,24H,14,16-18H2,1H3,(H,30,33)/t20-,24-/m1/s1. The summed E-state index contributed by atoms with van der Waals surface area (Å²) in [6.45, 7) is 2.60. The third-order valence-corrected chi connectivity index (χ3v) is 9.28. The number of anilines is 1. The van der Waals surface area contributed by atoms with Crippen molar-refractivity contribution in [3.63, 3.8) is 0 Å². The molecule has 2 bridgehead atoms. The van der Waals surface area contributed by atoms with Gasteiger partial charge in [-0.15, -0.1) is 0 Å². The third-order valence-electron chi connectivity index (χ3n) is 7.43. The van der Waals surface area contributed by atoms with E-state index in [1.807, 2.05) is 22.8 Å². The van der Waals surface area contributed by atoms with Gasteiger partial charge in [0.2, 0.25) is 15.9 Å². The number of rotatable bonds is 4. The summed E-state index contributed by atoms with van der Waals surface area (Å²) >= 11 is 0. The maximum Gasteiger partial charge on any atom is 0.250 e. The topological polar surface area (TPSA) is 88.5 Å². The quantitative estimate of drug-likeness (QED) is 0.437. The normalized spacial score (nSPS) is 19.4. The Balaban J connectivity index is 1.37. The summed E-state index contributed by atoms with van der Waals surface area (Å²) in [7, 11) is -3.74. The molecule has 188 valence electrons. The van der Waals surface area contributed by atoms with Crippen molar-refractivity contribution in [1.82, 2.24) is 8.87 Å². The van der Waals surface area contributed by atoms with Gasteiger partial charge >= 0.3 is 0 Å². The first kappa shape index (κ1) is 23.6. The van der Waals surface area contributed by atoms with Crippen LogP contribution in [0.25, 0.3) is 21.9 Å². The van der Waals surface area contributed by atoms with E-state index >= 15 is 0 Å². The number of nitrogens with zero attached hydrogens (tertiary/aromatic N) is 2. The molecule has 4 aromatic rings. The van der Waals surface area contributed by atoms with Crippen LogP contribution in [0.2, 0.25) is 0 Å². The van der Waals surface area contributed by atoms with Gasteiger partial charge in [0.25, 0.3) is 5.56 Å². The zero-order valence-electron chi connectivity index (χ0n) is 20.4. The number of carbonyl (C=O) groups excluding carboxylic acids is 1. The molecule has 1 amide bonds. The van der Waals surface area contributed by atoms with Crippen molar-refractivity contribution in [2.24, 2.45) is 5.92 Å². The molecular formula is C29H27N3O4S. The number of sulfonamides is 1. The van der Waals surface area contributed by atoms with Crippen LogP contribution in [0, 0.1) is 5.92 Å². The number of hydrogen-bond acceptors (Lipinski definition) is 4. The van der Waals surface area contributed by atoms with Crippen LogP contribution in [0.3, 0.4) is 0 Å². The minimum atomic E-state index is -3.74. The van der Waals surface area contributed by atoms with Crippen molar-refractivity contribution in [1.29, 1.82) is 0 Å². The molecule has 0 unspecified atom stereocenters. The van der Waals surface area contributed by atoms with E-state index in [0.29, 0.717) is 25.3 Å². The van der Waals surface area contributed by atoms with Crippen LogP contribution in [-0.4, -0.2) is 36.3 Å². The number of hydrogen-bond donors (Lipinski definition) is 1. The van der Waals surface area contributed by atoms with E-state index in [-0.39, 0.29) is 28.2 Å². The number of pyridine rings is 1. The molecule has 2 aliphatic heterocycles. The molecule has 0 saturated carbocycles. The first-order valence-corrected chi connectivity index (χ1v) is 13.8. The Morgan fingerprint density at radius 1 is 0.892 bits per heavy atom. The summed E-state index contributed by atoms with van der Waals surface area (Å²) in [5.74, 6) is -0.240. The zero-order chi connectivity index (χ0) is 25.7. The van der Waals surface area contributed by atoms with Crippen LogP contribution < -0.4 is 10.9 Å². The molecule has 0 radical (unpaired) electrons. The SMILES string of the molecule is CC(=O)Nc1ccc(S(=O)(=O)N2C[C@H]3C[C@H](C2)c2c(-c4ccc5ccccc5c4)ccc(=O)n2C3)cc1. The maximum atomic E-state index is 13.6. The van der Waals surface area contributed by atoms with Gasteiger partial charge < -0.3 is 9.88 Å². The molecule has 7 nitrogen and oxygen atoms in total. The van der Waals surface area contributed by atoms with Crippen LogP contribution >= 0.6 is 0 Å². The van der Waals surface area contributed by atoms with E-state index in [0.717, 1.165) is 34.0 Å². The molecule has 2 aliphatic rings. The molecule has 1 N–H and O–H groups in total. The number of amides is 1. The minimum absolute atomic E-state index is 0.0425. The molecule has 8 heteroatoms. The van der Waals surface area contributed by atoms with E-state index in [1.165, 1.54) is 19.1 Å². The molecule has 6 rings (SSSR count). The average Bonchev–Trinajstić information content (AvgIpc) is 2.89. The highest BCUT2D eigenvalue weighted by molar-refractivity contribution is 7.89. The van der Waals surface area contributed by atoms with Crippen molar-refractivity contribution < 1.29 is 13.2 Å².